The van der Waals surface area contributed by atoms with Crippen LogP contribution in [0, 0.1) is 0 Å². The largest absolute Gasteiger partial charge is 0.493 e. The highest BCUT2D eigenvalue weighted by Gasteiger charge is 2.10. The van der Waals surface area contributed by atoms with Crippen LogP contribution in [0.1, 0.15) is 61.7 Å². The molecule has 0 radical (unpaired) electrons. The molecule has 0 atom stereocenters. The van der Waals surface area contributed by atoms with Gasteiger partial charge in [-0.25, -0.2) is 0 Å². The van der Waals surface area contributed by atoms with Crippen molar-refractivity contribution in [2.45, 2.75) is 51.4 Å². The third-order valence-electron chi connectivity index (χ3n) is 3.74. The Balaban J connectivity index is 2.28. The number of alkyl halides is 1. The fraction of sp³-hybridized carbons (Fsp3) is 0.611. The fourth-order valence-corrected chi connectivity index (χ4v) is 2.81. The van der Waals surface area contributed by atoms with E-state index in [1.807, 2.05) is 6.07 Å². The first-order valence-corrected chi connectivity index (χ1v) is 9.16. The molecule has 0 amide bonds. The van der Waals surface area contributed by atoms with Crippen LogP contribution in [0.2, 0.25) is 0 Å². The average molecular weight is 371 g/mol. The van der Waals surface area contributed by atoms with Crippen LogP contribution in [-0.4, -0.2) is 25.3 Å². The van der Waals surface area contributed by atoms with E-state index in [-0.39, 0.29) is 5.78 Å². The molecule has 0 fully saturated rings. The van der Waals surface area contributed by atoms with Gasteiger partial charge in [0.05, 0.1) is 14.2 Å². The molecule has 22 heavy (non-hydrogen) atoms. The quantitative estimate of drug-likeness (QED) is 0.280. The standard InChI is InChI=1S/C18H27BrO3/c1-21-17-12-11-15(14-18(17)22-2)16(20)10-8-6-4-3-5-7-9-13-19/h11-12,14H,3-10,13H2,1-2H3. The number of ketones is 1. The number of unbranched alkanes of at least 4 members (excludes halogenated alkanes) is 6. The minimum absolute atomic E-state index is 0.181. The van der Waals surface area contributed by atoms with E-state index in [2.05, 4.69) is 15.9 Å². The third kappa shape index (κ3) is 6.82. The predicted octanol–water partition coefficient (Wildman–Crippen LogP) is 5.40. The van der Waals surface area contributed by atoms with Crippen LogP contribution >= 0.6 is 15.9 Å². The molecule has 0 aliphatic carbocycles. The van der Waals surface area contributed by atoms with Crippen LogP contribution in [0.25, 0.3) is 0 Å². The lowest BCUT2D eigenvalue weighted by atomic mass is 10.0. The maximum absolute atomic E-state index is 12.2. The molecule has 0 N–H and O–H groups in total. The van der Waals surface area contributed by atoms with E-state index in [1.165, 1.54) is 32.1 Å². The van der Waals surface area contributed by atoms with Crippen LogP contribution < -0.4 is 9.47 Å². The van der Waals surface area contributed by atoms with E-state index >= 15 is 0 Å². The van der Waals surface area contributed by atoms with Crippen LogP contribution in [0.5, 0.6) is 11.5 Å². The molecular weight excluding hydrogens is 344 g/mol. The Morgan fingerprint density at radius 1 is 0.909 bits per heavy atom. The Kier molecular flexibility index (Phi) is 9.96. The number of carbonyl (C=O) groups excluding carboxylic acids is 1. The lowest BCUT2D eigenvalue weighted by molar-refractivity contribution is 0.0978. The molecule has 0 spiro atoms. The van der Waals surface area contributed by atoms with Gasteiger partial charge in [-0.3, -0.25) is 4.79 Å². The van der Waals surface area contributed by atoms with Crippen molar-refractivity contribution in [2.24, 2.45) is 0 Å². The summed E-state index contributed by atoms with van der Waals surface area (Å²) in [6.45, 7) is 0. The van der Waals surface area contributed by atoms with Crippen molar-refractivity contribution < 1.29 is 14.3 Å². The maximum Gasteiger partial charge on any atom is 0.163 e. The zero-order chi connectivity index (χ0) is 16.2. The Bertz CT molecular complexity index is 446. The van der Waals surface area contributed by atoms with Crippen LogP contribution in [0.3, 0.4) is 0 Å². The first-order valence-electron chi connectivity index (χ1n) is 8.04. The monoisotopic (exact) mass is 370 g/mol. The molecule has 0 heterocycles. The zero-order valence-electron chi connectivity index (χ0n) is 13.7. The molecule has 1 aromatic carbocycles. The van der Waals surface area contributed by atoms with E-state index in [0.717, 1.165) is 18.2 Å². The normalized spacial score (nSPS) is 10.5. The summed E-state index contributed by atoms with van der Waals surface area (Å²) < 4.78 is 10.4. The Hall–Kier alpha value is -1.03. The number of halogens is 1. The summed E-state index contributed by atoms with van der Waals surface area (Å²) in [5.41, 5.74) is 0.704. The van der Waals surface area contributed by atoms with Gasteiger partial charge < -0.3 is 9.47 Å². The number of hydrogen-bond donors (Lipinski definition) is 0. The van der Waals surface area contributed by atoms with E-state index in [9.17, 15) is 4.79 Å². The van der Waals surface area contributed by atoms with Crippen molar-refractivity contribution in [3.8, 4) is 11.5 Å². The SMILES string of the molecule is COc1ccc(C(=O)CCCCCCCCCBr)cc1OC. The second-order valence-corrected chi connectivity index (χ2v) is 6.20. The van der Waals surface area contributed by atoms with Gasteiger partial charge in [0, 0.05) is 17.3 Å². The molecule has 0 unspecified atom stereocenters. The Morgan fingerprint density at radius 2 is 1.50 bits per heavy atom. The average Bonchev–Trinajstić information content (AvgIpc) is 2.56. The van der Waals surface area contributed by atoms with Crippen molar-refractivity contribution in [1.29, 1.82) is 0 Å². The number of ether oxygens (including phenoxy) is 2. The number of carbonyl (C=O) groups is 1. The minimum Gasteiger partial charge on any atom is -0.493 e. The van der Waals surface area contributed by atoms with Gasteiger partial charge in [0.1, 0.15) is 0 Å². The molecule has 0 aromatic heterocycles. The number of rotatable bonds is 12. The van der Waals surface area contributed by atoms with Gasteiger partial charge in [-0.15, -0.1) is 0 Å². The molecular formula is C18H27BrO3. The molecule has 0 saturated heterocycles. The molecule has 0 aliphatic rings. The summed E-state index contributed by atoms with van der Waals surface area (Å²) >= 11 is 3.45. The van der Waals surface area contributed by atoms with E-state index < -0.39 is 0 Å². The van der Waals surface area contributed by atoms with Crippen molar-refractivity contribution in [3.63, 3.8) is 0 Å². The third-order valence-corrected chi connectivity index (χ3v) is 4.30. The number of benzene rings is 1. The minimum atomic E-state index is 0.181. The highest BCUT2D eigenvalue weighted by Crippen LogP contribution is 2.28. The lowest BCUT2D eigenvalue weighted by Crippen LogP contribution is -2.00. The van der Waals surface area contributed by atoms with Gasteiger partial charge in [-0.05, 0) is 31.0 Å². The summed E-state index contributed by atoms with van der Waals surface area (Å²) in [5.74, 6) is 1.45. The number of Topliss-reactive ketones (excluding diaryl/α,β-unsaturated/α-hetero) is 1. The second kappa shape index (κ2) is 11.5. The van der Waals surface area contributed by atoms with Crippen LogP contribution in [0.15, 0.2) is 18.2 Å². The van der Waals surface area contributed by atoms with E-state index in [4.69, 9.17) is 9.47 Å². The molecule has 1 aromatic rings. The van der Waals surface area contributed by atoms with Crippen molar-refractivity contribution >= 4 is 21.7 Å². The van der Waals surface area contributed by atoms with Gasteiger partial charge in [-0.1, -0.05) is 48.0 Å². The van der Waals surface area contributed by atoms with Crippen molar-refractivity contribution in [3.05, 3.63) is 23.8 Å². The zero-order valence-corrected chi connectivity index (χ0v) is 15.3. The first-order chi connectivity index (χ1) is 10.7. The van der Waals surface area contributed by atoms with Gasteiger partial charge in [0.2, 0.25) is 0 Å². The van der Waals surface area contributed by atoms with Gasteiger partial charge in [0.25, 0.3) is 0 Å². The van der Waals surface area contributed by atoms with Crippen LogP contribution in [0.4, 0.5) is 0 Å². The summed E-state index contributed by atoms with van der Waals surface area (Å²) in [7, 11) is 3.18. The predicted molar refractivity (Wildman–Crippen MR) is 94.6 cm³/mol. The Labute approximate surface area is 142 Å². The number of methoxy groups -OCH3 is 2. The second-order valence-electron chi connectivity index (χ2n) is 5.41. The topological polar surface area (TPSA) is 35.5 Å². The maximum atomic E-state index is 12.2. The summed E-state index contributed by atoms with van der Waals surface area (Å²) in [5, 5.41) is 1.10. The van der Waals surface area contributed by atoms with E-state index in [1.54, 1.807) is 26.4 Å². The smallest absolute Gasteiger partial charge is 0.163 e. The fourth-order valence-electron chi connectivity index (χ4n) is 2.42. The summed E-state index contributed by atoms with van der Waals surface area (Å²) in [6.07, 6.45) is 9.07. The highest BCUT2D eigenvalue weighted by molar-refractivity contribution is 9.09. The van der Waals surface area contributed by atoms with Crippen molar-refractivity contribution in [1.82, 2.24) is 0 Å². The molecule has 1 rings (SSSR count). The molecule has 0 aliphatic heterocycles. The highest BCUT2D eigenvalue weighted by atomic mass is 79.9. The summed E-state index contributed by atoms with van der Waals surface area (Å²) in [4.78, 5) is 12.2. The molecule has 124 valence electrons. The molecule has 0 bridgehead atoms. The number of hydrogen-bond acceptors (Lipinski definition) is 3. The van der Waals surface area contributed by atoms with Gasteiger partial charge in [0.15, 0.2) is 17.3 Å². The van der Waals surface area contributed by atoms with Crippen LogP contribution in [-0.2, 0) is 0 Å². The Morgan fingerprint density at radius 3 is 2.09 bits per heavy atom. The molecule has 4 heteroatoms. The van der Waals surface area contributed by atoms with Gasteiger partial charge in [-0.2, -0.15) is 0 Å². The summed E-state index contributed by atoms with van der Waals surface area (Å²) in [6, 6.07) is 5.36. The molecule has 0 saturated carbocycles. The lowest BCUT2D eigenvalue weighted by Gasteiger charge is -2.09. The van der Waals surface area contributed by atoms with E-state index in [0.29, 0.717) is 23.5 Å². The molecule has 3 nitrogen and oxygen atoms in total. The first kappa shape index (κ1) is 19.0. The van der Waals surface area contributed by atoms with Crippen molar-refractivity contribution in [2.75, 3.05) is 19.5 Å². The van der Waals surface area contributed by atoms with Gasteiger partial charge >= 0.3 is 0 Å².